The molecule has 168 valence electrons. The Balaban J connectivity index is 1.55. The summed E-state index contributed by atoms with van der Waals surface area (Å²) < 4.78 is 27.4. The van der Waals surface area contributed by atoms with Crippen LogP contribution in [0.1, 0.15) is 25.6 Å². The number of urea groups is 1. The highest BCUT2D eigenvalue weighted by Gasteiger charge is 2.38. The van der Waals surface area contributed by atoms with E-state index >= 15 is 0 Å². The molecule has 0 bridgehead atoms. The van der Waals surface area contributed by atoms with Gasteiger partial charge in [-0.2, -0.15) is 0 Å². The van der Waals surface area contributed by atoms with E-state index in [9.17, 15) is 14.4 Å². The van der Waals surface area contributed by atoms with E-state index in [1.165, 1.54) is 6.26 Å². The largest absolute Gasteiger partial charge is 0.482 e. The highest BCUT2D eigenvalue weighted by molar-refractivity contribution is 5.95. The fraction of sp³-hybridized carbons (Fsp3) is 0.318. The minimum absolute atomic E-state index is 0.0772. The zero-order chi connectivity index (χ0) is 22.7. The van der Waals surface area contributed by atoms with Crippen LogP contribution in [0, 0.1) is 0 Å². The molecule has 0 aliphatic carbocycles. The van der Waals surface area contributed by atoms with E-state index in [-0.39, 0.29) is 24.5 Å². The number of carbonyl (C=O) groups excluding carboxylic acids is 3. The summed E-state index contributed by atoms with van der Waals surface area (Å²) in [5.74, 6) is -0.0895. The molecule has 1 aromatic carbocycles. The molecule has 2 aromatic rings. The number of fused-ring (bicyclic) bond motifs is 1. The lowest BCUT2D eigenvalue weighted by Gasteiger charge is -2.31. The monoisotopic (exact) mass is 442 g/mol. The van der Waals surface area contributed by atoms with E-state index in [0.717, 1.165) is 0 Å². The smallest absolute Gasteiger partial charge is 0.351 e. The molecule has 4 rings (SSSR count). The first-order valence-electron chi connectivity index (χ1n) is 10.1. The zero-order valence-electron chi connectivity index (χ0n) is 17.5. The Morgan fingerprint density at radius 1 is 1.06 bits per heavy atom. The molecule has 0 saturated heterocycles. The molecule has 0 fully saturated rings. The van der Waals surface area contributed by atoms with E-state index in [4.69, 9.17) is 23.4 Å². The summed E-state index contributed by atoms with van der Waals surface area (Å²) in [5.41, 5.74) is 0.167. The third-order valence-corrected chi connectivity index (χ3v) is 4.91. The van der Waals surface area contributed by atoms with Crippen molar-refractivity contribution in [3.05, 3.63) is 59.7 Å². The normalized spacial score (nSPS) is 21.9. The number of hydrogen-bond donors (Lipinski definition) is 2. The summed E-state index contributed by atoms with van der Waals surface area (Å²) in [7, 11) is 0. The SMILES string of the molecule is CCOC(=O)C1=C(COC(=O)C2Oc3ccccc3OC2C)NC(=O)NC1c1ccco1. The van der Waals surface area contributed by atoms with E-state index in [2.05, 4.69) is 10.6 Å². The average molecular weight is 442 g/mol. The number of rotatable bonds is 6. The van der Waals surface area contributed by atoms with Gasteiger partial charge in [0.05, 0.1) is 24.1 Å². The van der Waals surface area contributed by atoms with Gasteiger partial charge in [0.2, 0.25) is 6.10 Å². The Hall–Kier alpha value is -3.95. The second-order valence-electron chi connectivity index (χ2n) is 7.08. The molecule has 32 heavy (non-hydrogen) atoms. The molecule has 2 N–H and O–H groups in total. The van der Waals surface area contributed by atoms with Crippen LogP contribution < -0.4 is 20.1 Å². The summed E-state index contributed by atoms with van der Waals surface area (Å²) in [6.07, 6.45) is -0.199. The zero-order valence-corrected chi connectivity index (χ0v) is 17.5. The molecule has 0 radical (unpaired) electrons. The van der Waals surface area contributed by atoms with Crippen LogP contribution in [0.25, 0.3) is 0 Å². The van der Waals surface area contributed by atoms with Crippen molar-refractivity contribution in [3.8, 4) is 11.5 Å². The first-order valence-corrected chi connectivity index (χ1v) is 10.1. The van der Waals surface area contributed by atoms with Crippen LogP contribution in [0.5, 0.6) is 11.5 Å². The summed E-state index contributed by atoms with van der Waals surface area (Å²) in [6.45, 7) is 3.09. The van der Waals surface area contributed by atoms with Crippen molar-refractivity contribution in [2.45, 2.75) is 32.1 Å². The minimum atomic E-state index is -1.02. The molecule has 3 atom stereocenters. The third kappa shape index (κ3) is 4.25. The van der Waals surface area contributed by atoms with Crippen molar-refractivity contribution in [2.75, 3.05) is 13.2 Å². The highest BCUT2D eigenvalue weighted by Crippen LogP contribution is 2.34. The van der Waals surface area contributed by atoms with Crippen molar-refractivity contribution in [2.24, 2.45) is 0 Å². The molecule has 3 heterocycles. The Morgan fingerprint density at radius 3 is 2.50 bits per heavy atom. The second kappa shape index (κ2) is 9.04. The van der Waals surface area contributed by atoms with Gasteiger partial charge in [0.15, 0.2) is 11.5 Å². The molecule has 2 amide bonds. The van der Waals surface area contributed by atoms with Gasteiger partial charge in [-0.05, 0) is 38.1 Å². The van der Waals surface area contributed by atoms with Gasteiger partial charge >= 0.3 is 18.0 Å². The van der Waals surface area contributed by atoms with Gasteiger partial charge in [-0.3, -0.25) is 0 Å². The molecule has 3 unspecified atom stereocenters. The maximum atomic E-state index is 12.7. The number of esters is 2. The van der Waals surface area contributed by atoms with Gasteiger partial charge in [0, 0.05) is 0 Å². The van der Waals surface area contributed by atoms with E-state index in [1.54, 1.807) is 50.2 Å². The van der Waals surface area contributed by atoms with E-state index in [0.29, 0.717) is 17.3 Å². The molecule has 2 aliphatic rings. The Bertz CT molecular complexity index is 1050. The van der Waals surface area contributed by atoms with Crippen LogP contribution >= 0.6 is 0 Å². The van der Waals surface area contributed by atoms with E-state index in [1.807, 2.05) is 0 Å². The maximum Gasteiger partial charge on any atom is 0.351 e. The molecular formula is C22H22N2O8. The standard InChI is InChI=1S/C22H22N2O8/c1-3-28-20(25)17-13(23-22(27)24-18(17)16-9-6-10-29-16)11-30-21(26)19-12(2)31-14-7-4-5-8-15(14)32-19/h4-10,12,18-19H,3,11H2,1-2H3,(H2,23,24,27). The number of benzene rings is 1. The minimum Gasteiger partial charge on any atom is -0.482 e. The topological polar surface area (TPSA) is 125 Å². The molecule has 0 spiro atoms. The van der Waals surface area contributed by atoms with E-state index < -0.39 is 36.2 Å². The molecule has 1 aromatic heterocycles. The Morgan fingerprint density at radius 2 is 1.81 bits per heavy atom. The molecule has 2 aliphatic heterocycles. The van der Waals surface area contributed by atoms with Gasteiger partial charge in [-0.25, -0.2) is 14.4 Å². The predicted molar refractivity (Wildman–Crippen MR) is 109 cm³/mol. The van der Waals surface area contributed by atoms with Crippen LogP contribution in [0.15, 0.2) is 58.3 Å². The van der Waals surface area contributed by atoms with Crippen molar-refractivity contribution in [3.63, 3.8) is 0 Å². The lowest BCUT2D eigenvalue weighted by atomic mass is 10.0. The maximum absolute atomic E-state index is 12.7. The van der Waals surface area contributed by atoms with Crippen LogP contribution in [0.4, 0.5) is 4.79 Å². The molecule has 0 saturated carbocycles. The number of para-hydroxylation sites is 2. The summed E-state index contributed by atoms with van der Waals surface area (Å²) >= 11 is 0. The Kier molecular flexibility index (Phi) is 6.02. The number of nitrogens with one attached hydrogen (secondary N) is 2. The van der Waals surface area contributed by atoms with Crippen LogP contribution in [-0.4, -0.2) is 43.4 Å². The fourth-order valence-corrected chi connectivity index (χ4v) is 3.46. The predicted octanol–water partition coefficient (Wildman–Crippen LogP) is 2.22. The number of amides is 2. The summed E-state index contributed by atoms with van der Waals surface area (Å²) in [5, 5.41) is 5.14. The third-order valence-electron chi connectivity index (χ3n) is 4.91. The summed E-state index contributed by atoms with van der Waals surface area (Å²) in [6, 6.07) is 8.75. The van der Waals surface area contributed by atoms with Gasteiger partial charge < -0.3 is 34.0 Å². The molecular weight excluding hydrogens is 420 g/mol. The lowest BCUT2D eigenvalue weighted by molar-refractivity contribution is -0.157. The van der Waals surface area contributed by atoms with Crippen LogP contribution in [-0.2, 0) is 19.1 Å². The second-order valence-corrected chi connectivity index (χ2v) is 7.08. The fourth-order valence-electron chi connectivity index (χ4n) is 3.46. The van der Waals surface area contributed by atoms with Gasteiger partial charge in [0.1, 0.15) is 24.5 Å². The Labute approximate surface area is 183 Å². The summed E-state index contributed by atoms with van der Waals surface area (Å²) in [4.78, 5) is 37.6. The van der Waals surface area contributed by atoms with Crippen molar-refractivity contribution in [1.82, 2.24) is 10.6 Å². The van der Waals surface area contributed by atoms with Crippen LogP contribution in [0.3, 0.4) is 0 Å². The van der Waals surface area contributed by atoms with Crippen LogP contribution in [0.2, 0.25) is 0 Å². The van der Waals surface area contributed by atoms with Gasteiger partial charge in [-0.15, -0.1) is 0 Å². The number of ether oxygens (including phenoxy) is 4. The van der Waals surface area contributed by atoms with Gasteiger partial charge in [0.25, 0.3) is 0 Å². The first kappa shape index (κ1) is 21.3. The molecule has 10 heteroatoms. The van der Waals surface area contributed by atoms with Crippen molar-refractivity contribution >= 4 is 18.0 Å². The number of hydrogen-bond acceptors (Lipinski definition) is 8. The van der Waals surface area contributed by atoms with Crippen molar-refractivity contribution < 1.29 is 37.7 Å². The highest BCUT2D eigenvalue weighted by atomic mass is 16.6. The van der Waals surface area contributed by atoms with Crippen molar-refractivity contribution in [1.29, 1.82) is 0 Å². The average Bonchev–Trinajstić information content (AvgIpc) is 3.31. The quantitative estimate of drug-likeness (QED) is 0.653. The molecule has 10 nitrogen and oxygen atoms in total. The number of carbonyl (C=O) groups is 3. The first-order chi connectivity index (χ1) is 15.5. The van der Waals surface area contributed by atoms with Gasteiger partial charge in [-0.1, -0.05) is 12.1 Å². The lowest BCUT2D eigenvalue weighted by Crippen LogP contribution is -2.48. The number of furan rings is 1.